The SMILES string of the molecule is Cc1nc2cc(-c3cc(C(N)=O)cc(C#N)c3C(C)(C)O)ccc2[nH]1. The van der Waals surface area contributed by atoms with Crippen molar-refractivity contribution >= 4 is 16.9 Å². The second-order valence-electron chi connectivity index (χ2n) is 6.54. The highest BCUT2D eigenvalue weighted by atomic mass is 16.3. The zero-order valence-electron chi connectivity index (χ0n) is 14.2. The maximum Gasteiger partial charge on any atom is 0.248 e. The Kier molecular flexibility index (Phi) is 3.82. The molecule has 126 valence electrons. The number of H-pyrrole nitrogens is 1. The molecule has 6 heteroatoms. The van der Waals surface area contributed by atoms with Crippen molar-refractivity contribution in [2.24, 2.45) is 5.73 Å². The molecule has 4 N–H and O–H groups in total. The summed E-state index contributed by atoms with van der Waals surface area (Å²) in [5.41, 5.74) is 8.01. The minimum Gasteiger partial charge on any atom is -0.386 e. The normalized spacial score (nSPS) is 11.5. The highest BCUT2D eigenvalue weighted by Gasteiger charge is 2.26. The summed E-state index contributed by atoms with van der Waals surface area (Å²) >= 11 is 0. The van der Waals surface area contributed by atoms with Crippen LogP contribution in [0.2, 0.25) is 0 Å². The molecule has 3 aromatic rings. The van der Waals surface area contributed by atoms with E-state index < -0.39 is 11.5 Å². The number of aryl methyl sites for hydroxylation is 1. The molecule has 6 nitrogen and oxygen atoms in total. The number of nitrogens with zero attached hydrogens (tertiary/aromatic N) is 2. The molecule has 0 aliphatic rings. The first-order valence-electron chi connectivity index (χ1n) is 7.78. The Morgan fingerprint density at radius 3 is 2.64 bits per heavy atom. The van der Waals surface area contributed by atoms with Crippen molar-refractivity contribution in [3.63, 3.8) is 0 Å². The topological polar surface area (TPSA) is 116 Å². The van der Waals surface area contributed by atoms with E-state index in [1.165, 1.54) is 6.07 Å². The second kappa shape index (κ2) is 5.72. The van der Waals surface area contributed by atoms with E-state index in [1.807, 2.05) is 25.1 Å². The highest BCUT2D eigenvalue weighted by molar-refractivity contribution is 5.96. The predicted molar refractivity (Wildman–Crippen MR) is 94.7 cm³/mol. The number of aromatic amines is 1. The lowest BCUT2D eigenvalue weighted by Crippen LogP contribution is -2.20. The lowest BCUT2D eigenvalue weighted by Gasteiger charge is -2.24. The quantitative estimate of drug-likeness (QED) is 0.683. The molecule has 1 heterocycles. The Morgan fingerprint density at radius 1 is 1.32 bits per heavy atom. The van der Waals surface area contributed by atoms with Gasteiger partial charge in [0.25, 0.3) is 0 Å². The summed E-state index contributed by atoms with van der Waals surface area (Å²) in [5.74, 6) is 0.162. The predicted octanol–water partition coefficient (Wildman–Crippen LogP) is 2.74. The van der Waals surface area contributed by atoms with Crippen molar-refractivity contribution < 1.29 is 9.90 Å². The number of rotatable bonds is 3. The number of carbonyl (C=O) groups is 1. The molecule has 2 aromatic carbocycles. The van der Waals surface area contributed by atoms with E-state index >= 15 is 0 Å². The van der Waals surface area contributed by atoms with Gasteiger partial charge < -0.3 is 15.8 Å². The van der Waals surface area contributed by atoms with E-state index in [-0.39, 0.29) is 11.1 Å². The van der Waals surface area contributed by atoms with E-state index in [0.29, 0.717) is 11.1 Å². The minimum absolute atomic E-state index is 0.220. The first kappa shape index (κ1) is 16.7. The molecule has 0 aliphatic heterocycles. The zero-order chi connectivity index (χ0) is 18.4. The van der Waals surface area contributed by atoms with Crippen LogP contribution in [0.5, 0.6) is 0 Å². The fourth-order valence-electron chi connectivity index (χ4n) is 3.06. The van der Waals surface area contributed by atoms with Gasteiger partial charge in [0.2, 0.25) is 5.91 Å². The van der Waals surface area contributed by atoms with Crippen LogP contribution in [0.25, 0.3) is 22.2 Å². The highest BCUT2D eigenvalue weighted by Crippen LogP contribution is 2.36. The molecule has 3 rings (SSSR count). The van der Waals surface area contributed by atoms with E-state index in [0.717, 1.165) is 22.4 Å². The van der Waals surface area contributed by atoms with E-state index in [4.69, 9.17) is 5.73 Å². The van der Waals surface area contributed by atoms with Gasteiger partial charge in [-0.3, -0.25) is 4.79 Å². The molecule has 1 amide bonds. The third-order valence-corrected chi connectivity index (χ3v) is 4.07. The standard InChI is InChI=1S/C19H18N4O2/c1-10-22-15-5-4-11(8-16(15)23-10)14-7-12(18(21)24)6-13(9-20)17(14)19(2,3)25/h4-8,25H,1-3H3,(H2,21,24)(H,22,23). The fraction of sp³-hybridized carbons (Fsp3) is 0.211. The van der Waals surface area contributed by atoms with Crippen molar-refractivity contribution in [1.82, 2.24) is 9.97 Å². The number of aliphatic hydroxyl groups is 1. The number of benzene rings is 2. The fourth-order valence-corrected chi connectivity index (χ4v) is 3.06. The van der Waals surface area contributed by atoms with Gasteiger partial charge in [-0.25, -0.2) is 4.98 Å². The molecule has 0 saturated heterocycles. The van der Waals surface area contributed by atoms with Crippen LogP contribution in [-0.4, -0.2) is 21.0 Å². The van der Waals surface area contributed by atoms with Gasteiger partial charge in [-0.05, 0) is 56.2 Å². The number of nitrogens with one attached hydrogen (secondary N) is 1. The molecule has 25 heavy (non-hydrogen) atoms. The number of primary amides is 1. The van der Waals surface area contributed by atoms with Gasteiger partial charge >= 0.3 is 0 Å². The van der Waals surface area contributed by atoms with Crippen molar-refractivity contribution in [2.45, 2.75) is 26.4 Å². The molecule has 0 unspecified atom stereocenters. The largest absolute Gasteiger partial charge is 0.386 e. The van der Waals surface area contributed by atoms with Gasteiger partial charge in [0, 0.05) is 11.1 Å². The summed E-state index contributed by atoms with van der Waals surface area (Å²) in [7, 11) is 0. The van der Waals surface area contributed by atoms with Crippen LogP contribution in [0, 0.1) is 18.3 Å². The van der Waals surface area contributed by atoms with Gasteiger partial charge in [0.05, 0.1) is 28.3 Å². The number of fused-ring (bicyclic) bond motifs is 1. The first-order chi connectivity index (χ1) is 11.7. The summed E-state index contributed by atoms with van der Waals surface area (Å²) in [6, 6.07) is 10.7. The third-order valence-electron chi connectivity index (χ3n) is 4.07. The molecule has 1 aromatic heterocycles. The van der Waals surface area contributed by atoms with Crippen molar-refractivity contribution in [2.75, 3.05) is 0 Å². The Labute approximate surface area is 144 Å². The minimum atomic E-state index is -1.27. The molecule has 0 fully saturated rings. The van der Waals surface area contributed by atoms with Crippen LogP contribution in [0.4, 0.5) is 0 Å². The number of amides is 1. The van der Waals surface area contributed by atoms with Crippen LogP contribution in [0.15, 0.2) is 30.3 Å². The zero-order valence-corrected chi connectivity index (χ0v) is 14.2. The molecule has 0 aliphatic carbocycles. The van der Waals surface area contributed by atoms with Crippen LogP contribution >= 0.6 is 0 Å². The smallest absolute Gasteiger partial charge is 0.248 e. The van der Waals surface area contributed by atoms with Crippen molar-refractivity contribution in [1.29, 1.82) is 5.26 Å². The number of hydrogen-bond donors (Lipinski definition) is 3. The lowest BCUT2D eigenvalue weighted by molar-refractivity contribution is 0.0787. The number of aromatic nitrogens is 2. The summed E-state index contributed by atoms with van der Waals surface area (Å²) < 4.78 is 0. The van der Waals surface area contributed by atoms with Crippen LogP contribution in [-0.2, 0) is 5.60 Å². The van der Waals surface area contributed by atoms with Crippen molar-refractivity contribution in [3.8, 4) is 17.2 Å². The molecule has 0 saturated carbocycles. The van der Waals surface area contributed by atoms with Gasteiger partial charge in [-0.15, -0.1) is 0 Å². The summed E-state index contributed by atoms with van der Waals surface area (Å²) in [6.07, 6.45) is 0. The van der Waals surface area contributed by atoms with Gasteiger partial charge in [0.15, 0.2) is 0 Å². The number of nitrogens with two attached hydrogens (primary N) is 1. The van der Waals surface area contributed by atoms with E-state index in [9.17, 15) is 15.2 Å². The molecular formula is C19H18N4O2. The number of hydrogen-bond acceptors (Lipinski definition) is 4. The Balaban J connectivity index is 2.36. The maximum atomic E-state index is 11.7. The van der Waals surface area contributed by atoms with Gasteiger partial charge in [0.1, 0.15) is 5.82 Å². The average Bonchev–Trinajstić information content (AvgIpc) is 2.91. The number of nitriles is 1. The number of imidazole rings is 1. The summed E-state index contributed by atoms with van der Waals surface area (Å²) in [6.45, 7) is 5.07. The molecule has 0 bridgehead atoms. The average molecular weight is 334 g/mol. The third kappa shape index (κ3) is 2.97. The van der Waals surface area contributed by atoms with Crippen molar-refractivity contribution in [3.05, 3.63) is 52.8 Å². The second-order valence-corrected chi connectivity index (χ2v) is 6.54. The van der Waals surface area contributed by atoms with Crippen LogP contribution in [0.1, 0.15) is 41.2 Å². The van der Waals surface area contributed by atoms with Crippen LogP contribution < -0.4 is 5.73 Å². The monoisotopic (exact) mass is 334 g/mol. The summed E-state index contributed by atoms with van der Waals surface area (Å²) in [5, 5.41) is 20.1. The van der Waals surface area contributed by atoms with E-state index in [1.54, 1.807) is 19.9 Å². The molecule has 0 radical (unpaired) electrons. The molecule has 0 atom stereocenters. The van der Waals surface area contributed by atoms with Crippen LogP contribution in [0.3, 0.4) is 0 Å². The lowest BCUT2D eigenvalue weighted by atomic mass is 9.84. The maximum absolute atomic E-state index is 11.7. The molecule has 0 spiro atoms. The Hall–Kier alpha value is -3.17. The Bertz CT molecular complexity index is 1040. The number of carbonyl (C=O) groups excluding carboxylic acids is 1. The van der Waals surface area contributed by atoms with Gasteiger partial charge in [-0.2, -0.15) is 5.26 Å². The Morgan fingerprint density at radius 2 is 2.04 bits per heavy atom. The van der Waals surface area contributed by atoms with E-state index in [2.05, 4.69) is 16.0 Å². The summed E-state index contributed by atoms with van der Waals surface area (Å²) in [4.78, 5) is 19.2. The van der Waals surface area contributed by atoms with Gasteiger partial charge in [-0.1, -0.05) is 6.07 Å². The first-order valence-corrected chi connectivity index (χ1v) is 7.78. The molecular weight excluding hydrogens is 316 g/mol.